The topological polar surface area (TPSA) is 130 Å². The Morgan fingerprint density at radius 3 is 2.16 bits per heavy atom. The number of rotatable bonds is 8. The lowest BCUT2D eigenvalue weighted by Crippen LogP contribution is -2.47. The number of nitrogens with two attached hydrogens (primary N) is 1. The minimum atomic E-state index is -3.49. The molecule has 8 nitrogen and oxygen atoms in total. The van der Waals surface area contributed by atoms with Crippen LogP contribution in [0.15, 0.2) is 29.2 Å². The molecule has 0 aliphatic carbocycles. The molecule has 0 saturated carbocycles. The molecule has 0 saturated heterocycles. The van der Waals surface area contributed by atoms with Gasteiger partial charge in [-0.2, -0.15) is 0 Å². The van der Waals surface area contributed by atoms with Crippen LogP contribution in [0, 0.1) is 5.92 Å². The van der Waals surface area contributed by atoms with Crippen LogP contribution >= 0.6 is 0 Å². The second kappa shape index (κ2) is 8.93. The van der Waals surface area contributed by atoms with Gasteiger partial charge in [0.1, 0.15) is 0 Å². The third kappa shape index (κ3) is 6.11. The number of hydrogen-bond acceptors (Lipinski definition) is 5. The van der Waals surface area contributed by atoms with Crippen LogP contribution in [-0.4, -0.2) is 39.9 Å². The zero-order chi connectivity index (χ0) is 19.2. The minimum Gasteiger partial charge on any atom is -0.348 e. The molecule has 0 radical (unpaired) electrons. The number of amides is 2. The van der Waals surface area contributed by atoms with Crippen molar-refractivity contribution < 1.29 is 18.0 Å². The standard InChI is InChI=1S/C16H26N4O4S/c1-10(2)15(17)16(22)19-9-14(21)20-11(3)12-5-7-13(8-6-12)25(23,24)18-4/h5-8,10-11,15,18H,9,17H2,1-4H3,(H,19,22)(H,20,21)/t11?,15-/m0/s1. The first kappa shape index (κ1) is 21.1. The molecule has 2 amide bonds. The number of carbonyl (C=O) groups excluding carboxylic acids is 2. The molecule has 9 heteroatoms. The van der Waals surface area contributed by atoms with Crippen molar-refractivity contribution in [2.75, 3.05) is 13.6 Å². The van der Waals surface area contributed by atoms with E-state index in [0.29, 0.717) is 0 Å². The van der Waals surface area contributed by atoms with E-state index in [9.17, 15) is 18.0 Å². The largest absolute Gasteiger partial charge is 0.348 e. The molecule has 25 heavy (non-hydrogen) atoms. The molecule has 0 heterocycles. The van der Waals surface area contributed by atoms with Gasteiger partial charge in [-0.3, -0.25) is 9.59 Å². The molecule has 1 aromatic rings. The lowest BCUT2D eigenvalue weighted by atomic mass is 10.1. The van der Waals surface area contributed by atoms with Gasteiger partial charge in [0, 0.05) is 0 Å². The summed E-state index contributed by atoms with van der Waals surface area (Å²) in [4.78, 5) is 23.8. The van der Waals surface area contributed by atoms with E-state index in [1.807, 2.05) is 13.8 Å². The Morgan fingerprint density at radius 2 is 1.68 bits per heavy atom. The van der Waals surface area contributed by atoms with Crippen LogP contribution in [-0.2, 0) is 19.6 Å². The summed E-state index contributed by atoms with van der Waals surface area (Å²) in [5.74, 6) is -0.752. The predicted octanol–water partition coefficient (Wildman–Crippen LogP) is -0.129. The zero-order valence-corrected chi connectivity index (χ0v) is 15.7. The van der Waals surface area contributed by atoms with Gasteiger partial charge >= 0.3 is 0 Å². The van der Waals surface area contributed by atoms with Crippen LogP contribution in [0.2, 0.25) is 0 Å². The third-order valence-electron chi connectivity index (χ3n) is 3.78. The van der Waals surface area contributed by atoms with Crippen molar-refractivity contribution in [1.29, 1.82) is 0 Å². The van der Waals surface area contributed by atoms with Crippen LogP contribution in [0.4, 0.5) is 0 Å². The van der Waals surface area contributed by atoms with Gasteiger partial charge < -0.3 is 16.4 Å². The van der Waals surface area contributed by atoms with E-state index in [0.717, 1.165) is 5.56 Å². The van der Waals surface area contributed by atoms with Gasteiger partial charge in [0.15, 0.2) is 0 Å². The Balaban J connectivity index is 2.60. The van der Waals surface area contributed by atoms with Gasteiger partial charge in [-0.15, -0.1) is 0 Å². The molecule has 5 N–H and O–H groups in total. The zero-order valence-electron chi connectivity index (χ0n) is 14.9. The van der Waals surface area contributed by atoms with Crippen LogP contribution < -0.4 is 21.1 Å². The SMILES string of the molecule is CNS(=O)(=O)c1ccc(C(C)NC(=O)CNC(=O)[C@@H](N)C(C)C)cc1. The predicted molar refractivity (Wildman–Crippen MR) is 95.1 cm³/mol. The summed E-state index contributed by atoms with van der Waals surface area (Å²) in [5, 5.41) is 5.23. The quantitative estimate of drug-likeness (QED) is 0.506. The summed E-state index contributed by atoms with van der Waals surface area (Å²) in [6.07, 6.45) is 0. The van der Waals surface area contributed by atoms with Gasteiger partial charge in [-0.05, 0) is 37.6 Å². The number of hydrogen-bond donors (Lipinski definition) is 4. The summed E-state index contributed by atoms with van der Waals surface area (Å²) in [5.41, 5.74) is 6.45. The second-order valence-corrected chi connectivity index (χ2v) is 7.94. The third-order valence-corrected chi connectivity index (χ3v) is 5.21. The van der Waals surface area contributed by atoms with Gasteiger partial charge in [0.05, 0.1) is 23.5 Å². The average Bonchev–Trinajstić information content (AvgIpc) is 2.58. The summed E-state index contributed by atoms with van der Waals surface area (Å²) < 4.78 is 25.6. The molecule has 0 aliphatic rings. The van der Waals surface area contributed by atoms with E-state index in [1.165, 1.54) is 19.2 Å². The monoisotopic (exact) mass is 370 g/mol. The highest BCUT2D eigenvalue weighted by atomic mass is 32.2. The van der Waals surface area contributed by atoms with Crippen molar-refractivity contribution in [2.24, 2.45) is 11.7 Å². The summed E-state index contributed by atoms with van der Waals surface area (Å²) >= 11 is 0. The lowest BCUT2D eigenvalue weighted by Gasteiger charge is -2.17. The molecule has 2 atom stereocenters. The van der Waals surface area contributed by atoms with E-state index in [1.54, 1.807) is 19.1 Å². The molecule has 0 aromatic heterocycles. The normalized spacial score (nSPS) is 14.0. The molecule has 140 valence electrons. The maximum atomic E-state index is 11.9. The molecular weight excluding hydrogens is 344 g/mol. The highest BCUT2D eigenvalue weighted by Crippen LogP contribution is 2.15. The fourth-order valence-corrected chi connectivity index (χ4v) is 2.75. The Morgan fingerprint density at radius 1 is 1.12 bits per heavy atom. The molecule has 0 fully saturated rings. The first-order chi connectivity index (χ1) is 11.6. The van der Waals surface area contributed by atoms with Crippen molar-refractivity contribution in [2.45, 2.75) is 37.8 Å². The molecular formula is C16H26N4O4S. The van der Waals surface area contributed by atoms with E-state index in [4.69, 9.17) is 5.73 Å². The lowest BCUT2D eigenvalue weighted by molar-refractivity contribution is -0.127. The van der Waals surface area contributed by atoms with Gasteiger partial charge in [-0.1, -0.05) is 26.0 Å². The van der Waals surface area contributed by atoms with E-state index >= 15 is 0 Å². The first-order valence-electron chi connectivity index (χ1n) is 7.94. The summed E-state index contributed by atoms with van der Waals surface area (Å²) in [6.45, 7) is 5.24. The molecule has 1 rings (SSSR count). The molecule has 0 spiro atoms. The Bertz CT molecular complexity index is 701. The van der Waals surface area contributed by atoms with Crippen LogP contribution in [0.5, 0.6) is 0 Å². The fourth-order valence-electron chi connectivity index (χ4n) is 2.02. The Labute approximate surface area is 148 Å². The summed E-state index contributed by atoms with van der Waals surface area (Å²) in [7, 11) is -2.15. The second-order valence-electron chi connectivity index (χ2n) is 6.05. The minimum absolute atomic E-state index is 0.0191. The number of carbonyl (C=O) groups is 2. The Kier molecular flexibility index (Phi) is 7.53. The van der Waals surface area contributed by atoms with E-state index < -0.39 is 16.1 Å². The maximum Gasteiger partial charge on any atom is 0.240 e. The van der Waals surface area contributed by atoms with Crippen LogP contribution in [0.25, 0.3) is 0 Å². The maximum absolute atomic E-state index is 11.9. The van der Waals surface area contributed by atoms with Gasteiger partial charge in [-0.25, -0.2) is 13.1 Å². The highest BCUT2D eigenvalue weighted by molar-refractivity contribution is 7.89. The van der Waals surface area contributed by atoms with E-state index in [2.05, 4.69) is 15.4 Å². The highest BCUT2D eigenvalue weighted by Gasteiger charge is 2.18. The van der Waals surface area contributed by atoms with Crippen LogP contribution in [0.3, 0.4) is 0 Å². The van der Waals surface area contributed by atoms with Crippen molar-refractivity contribution in [3.05, 3.63) is 29.8 Å². The molecule has 0 aliphatic heterocycles. The van der Waals surface area contributed by atoms with Gasteiger partial charge in [0.2, 0.25) is 21.8 Å². The molecule has 1 unspecified atom stereocenters. The summed E-state index contributed by atoms with van der Waals surface area (Å²) in [6, 6.07) is 5.19. The number of nitrogens with one attached hydrogen (secondary N) is 3. The number of sulfonamides is 1. The van der Waals surface area contributed by atoms with Gasteiger partial charge in [0.25, 0.3) is 0 Å². The average molecular weight is 370 g/mol. The Hall–Kier alpha value is -1.97. The van der Waals surface area contributed by atoms with Crippen molar-refractivity contribution in [1.82, 2.24) is 15.4 Å². The smallest absolute Gasteiger partial charge is 0.240 e. The molecule has 0 bridgehead atoms. The molecule has 1 aromatic carbocycles. The van der Waals surface area contributed by atoms with Crippen molar-refractivity contribution in [3.8, 4) is 0 Å². The van der Waals surface area contributed by atoms with Crippen molar-refractivity contribution >= 4 is 21.8 Å². The number of benzene rings is 1. The van der Waals surface area contributed by atoms with Crippen molar-refractivity contribution in [3.63, 3.8) is 0 Å². The van der Waals surface area contributed by atoms with E-state index in [-0.39, 0.29) is 35.2 Å². The van der Waals surface area contributed by atoms with Crippen LogP contribution in [0.1, 0.15) is 32.4 Å². The first-order valence-corrected chi connectivity index (χ1v) is 9.43. The fraction of sp³-hybridized carbons (Fsp3) is 0.500.